The molecule has 0 aromatic rings. The zero-order valence-corrected chi connectivity index (χ0v) is 14.6. The summed E-state index contributed by atoms with van der Waals surface area (Å²) in [6, 6.07) is 0. The minimum absolute atomic E-state index is 0.402. The van der Waals surface area contributed by atoms with Crippen LogP contribution in [-0.2, 0) is 19.0 Å². The molecule has 0 spiro atoms. The Bertz CT molecular complexity index is 262. The van der Waals surface area contributed by atoms with Gasteiger partial charge in [0.15, 0.2) is 0 Å². The highest BCUT2D eigenvalue weighted by Crippen LogP contribution is 2.25. The molecule has 5 nitrogen and oxygen atoms in total. The molecule has 0 heterocycles. The summed E-state index contributed by atoms with van der Waals surface area (Å²) in [7, 11) is 0. The third-order valence-electron chi connectivity index (χ3n) is 2.39. The molecule has 0 saturated carbocycles. The Labute approximate surface area is 141 Å². The van der Waals surface area contributed by atoms with Crippen LogP contribution in [0.25, 0.3) is 0 Å². The predicted octanol–water partition coefficient (Wildman–Crippen LogP) is 2.71. The molecule has 0 aliphatic heterocycles. The van der Waals surface area contributed by atoms with Gasteiger partial charge < -0.3 is 19.5 Å². The molecule has 0 aromatic carbocycles. The fourth-order valence-electron chi connectivity index (χ4n) is 1.26. The summed E-state index contributed by atoms with van der Waals surface area (Å²) in [4.78, 5) is 11.2. The van der Waals surface area contributed by atoms with Gasteiger partial charge in [-0.15, -0.1) is 0 Å². The quantitative estimate of drug-likeness (QED) is 0.403. The van der Waals surface area contributed by atoms with Gasteiger partial charge in [-0.3, -0.25) is 4.79 Å². The van der Waals surface area contributed by atoms with Crippen LogP contribution in [0, 0.1) is 0 Å². The van der Waals surface area contributed by atoms with Crippen molar-refractivity contribution in [3.8, 4) is 0 Å². The van der Waals surface area contributed by atoms with Crippen molar-refractivity contribution in [2.75, 3.05) is 46.2 Å². The molecule has 0 radical (unpaired) electrons. The van der Waals surface area contributed by atoms with Crippen molar-refractivity contribution in [1.29, 1.82) is 0 Å². The van der Waals surface area contributed by atoms with Gasteiger partial charge in [-0.05, 0) is 12.8 Å². The van der Waals surface area contributed by atoms with Crippen LogP contribution >= 0.6 is 34.8 Å². The zero-order chi connectivity index (χ0) is 16.0. The molecule has 8 heteroatoms. The highest BCUT2D eigenvalue weighted by molar-refractivity contribution is 6.76. The first kappa shape index (κ1) is 21.2. The number of nitrogens with one attached hydrogen (secondary N) is 1. The first-order chi connectivity index (χ1) is 9.98. The van der Waals surface area contributed by atoms with Crippen LogP contribution in [0.3, 0.4) is 0 Å². The second kappa shape index (κ2) is 13.9. The summed E-state index contributed by atoms with van der Waals surface area (Å²) in [5, 5.41) is 2.50. The lowest BCUT2D eigenvalue weighted by Crippen LogP contribution is -2.35. The lowest BCUT2D eigenvalue weighted by atomic mass is 10.4. The van der Waals surface area contributed by atoms with Crippen molar-refractivity contribution in [3.63, 3.8) is 0 Å². The van der Waals surface area contributed by atoms with Crippen LogP contribution < -0.4 is 5.32 Å². The SMILES string of the molecule is CCCCOCCOCCOCCCNC(=O)C(Cl)(Cl)Cl. The molecule has 126 valence electrons. The first-order valence-corrected chi connectivity index (χ1v) is 8.20. The summed E-state index contributed by atoms with van der Waals surface area (Å²) >= 11 is 16.2. The topological polar surface area (TPSA) is 56.8 Å². The summed E-state index contributed by atoms with van der Waals surface area (Å²) in [6.07, 6.45) is 2.86. The molecule has 1 amide bonds. The molecule has 0 atom stereocenters. The third kappa shape index (κ3) is 14.9. The fourth-order valence-corrected chi connectivity index (χ4v) is 1.47. The van der Waals surface area contributed by atoms with Gasteiger partial charge in [-0.1, -0.05) is 48.1 Å². The Kier molecular flexibility index (Phi) is 14.0. The number of hydrogen-bond acceptors (Lipinski definition) is 4. The maximum atomic E-state index is 11.2. The number of ether oxygens (including phenoxy) is 3. The van der Waals surface area contributed by atoms with Crippen LogP contribution in [-0.4, -0.2) is 55.9 Å². The molecule has 0 unspecified atom stereocenters. The molecule has 0 aliphatic rings. The summed E-state index contributed by atoms with van der Waals surface area (Å²) in [6.45, 7) is 6.05. The molecule has 1 N–H and O–H groups in total. The molecular formula is C13H24Cl3NO4. The van der Waals surface area contributed by atoms with Crippen LogP contribution in [0.1, 0.15) is 26.2 Å². The van der Waals surface area contributed by atoms with Gasteiger partial charge >= 0.3 is 0 Å². The third-order valence-corrected chi connectivity index (χ3v) is 2.91. The second-order valence-electron chi connectivity index (χ2n) is 4.30. The normalized spacial score (nSPS) is 11.6. The highest BCUT2D eigenvalue weighted by atomic mass is 35.6. The van der Waals surface area contributed by atoms with Gasteiger partial charge in [0.1, 0.15) is 0 Å². The van der Waals surface area contributed by atoms with Crippen molar-refractivity contribution in [3.05, 3.63) is 0 Å². The number of halogens is 3. The van der Waals surface area contributed by atoms with Gasteiger partial charge in [0.05, 0.1) is 26.4 Å². The van der Waals surface area contributed by atoms with E-state index in [2.05, 4.69) is 12.2 Å². The Morgan fingerprint density at radius 3 is 1.86 bits per heavy atom. The number of carbonyl (C=O) groups is 1. The largest absolute Gasteiger partial charge is 0.379 e. The van der Waals surface area contributed by atoms with Crippen molar-refractivity contribution >= 4 is 40.7 Å². The Balaban J connectivity index is 3.14. The van der Waals surface area contributed by atoms with Crippen LogP contribution in [0.4, 0.5) is 0 Å². The summed E-state index contributed by atoms with van der Waals surface area (Å²) in [5.74, 6) is -0.626. The average molecular weight is 365 g/mol. The summed E-state index contributed by atoms with van der Waals surface area (Å²) < 4.78 is 14.1. The molecular weight excluding hydrogens is 341 g/mol. The maximum Gasteiger partial charge on any atom is 0.272 e. The van der Waals surface area contributed by atoms with Crippen molar-refractivity contribution < 1.29 is 19.0 Å². The van der Waals surface area contributed by atoms with E-state index >= 15 is 0 Å². The van der Waals surface area contributed by atoms with E-state index < -0.39 is 9.70 Å². The van der Waals surface area contributed by atoms with E-state index in [1.807, 2.05) is 0 Å². The first-order valence-electron chi connectivity index (χ1n) is 7.06. The number of alkyl halides is 3. The van der Waals surface area contributed by atoms with E-state index in [1.165, 1.54) is 0 Å². The minimum atomic E-state index is -1.91. The van der Waals surface area contributed by atoms with Gasteiger partial charge in [0.2, 0.25) is 0 Å². The fraction of sp³-hybridized carbons (Fsp3) is 0.923. The second-order valence-corrected chi connectivity index (χ2v) is 6.58. The molecule has 0 bridgehead atoms. The van der Waals surface area contributed by atoms with E-state index in [9.17, 15) is 4.79 Å². The minimum Gasteiger partial charge on any atom is -0.379 e. The van der Waals surface area contributed by atoms with Crippen LogP contribution in [0.5, 0.6) is 0 Å². The zero-order valence-electron chi connectivity index (χ0n) is 12.3. The smallest absolute Gasteiger partial charge is 0.272 e. The van der Waals surface area contributed by atoms with E-state index in [-0.39, 0.29) is 0 Å². The van der Waals surface area contributed by atoms with Gasteiger partial charge in [-0.25, -0.2) is 0 Å². The Hall–Kier alpha value is 0.220. The number of amides is 1. The van der Waals surface area contributed by atoms with Crippen molar-refractivity contribution in [1.82, 2.24) is 5.32 Å². The number of rotatable bonds is 13. The number of hydrogen-bond donors (Lipinski definition) is 1. The molecule has 0 fully saturated rings. The molecule has 0 saturated heterocycles. The Morgan fingerprint density at radius 2 is 1.38 bits per heavy atom. The molecule has 21 heavy (non-hydrogen) atoms. The number of carbonyl (C=O) groups excluding carboxylic acids is 1. The highest BCUT2D eigenvalue weighted by Gasteiger charge is 2.29. The Morgan fingerprint density at radius 1 is 0.905 bits per heavy atom. The molecule has 0 aliphatic carbocycles. The summed E-state index contributed by atoms with van der Waals surface area (Å²) in [5.41, 5.74) is 0. The van der Waals surface area contributed by atoms with E-state index in [0.29, 0.717) is 46.0 Å². The lowest BCUT2D eigenvalue weighted by molar-refractivity contribution is -0.120. The number of unbranched alkanes of at least 4 members (excludes halogenated alkanes) is 1. The van der Waals surface area contributed by atoms with Crippen molar-refractivity contribution in [2.24, 2.45) is 0 Å². The van der Waals surface area contributed by atoms with Gasteiger partial charge in [0, 0.05) is 19.8 Å². The molecule has 0 aromatic heterocycles. The van der Waals surface area contributed by atoms with Crippen LogP contribution in [0.2, 0.25) is 0 Å². The standard InChI is InChI=1S/C13H24Cl3NO4/c1-2-3-6-19-8-10-21-11-9-20-7-4-5-17-12(18)13(14,15)16/h2-11H2,1H3,(H,17,18). The van der Waals surface area contributed by atoms with Crippen molar-refractivity contribution in [2.45, 2.75) is 30.0 Å². The van der Waals surface area contributed by atoms with Gasteiger partial charge in [0.25, 0.3) is 9.70 Å². The lowest BCUT2D eigenvalue weighted by Gasteiger charge is -2.11. The van der Waals surface area contributed by atoms with E-state index in [1.54, 1.807) is 0 Å². The predicted molar refractivity (Wildman–Crippen MR) is 85.3 cm³/mol. The molecule has 0 rings (SSSR count). The van der Waals surface area contributed by atoms with E-state index in [4.69, 9.17) is 49.0 Å². The average Bonchev–Trinajstić information content (AvgIpc) is 2.42. The van der Waals surface area contributed by atoms with Crippen LogP contribution in [0.15, 0.2) is 0 Å². The van der Waals surface area contributed by atoms with E-state index in [0.717, 1.165) is 19.4 Å². The maximum absolute atomic E-state index is 11.2. The monoisotopic (exact) mass is 363 g/mol. The van der Waals surface area contributed by atoms with Gasteiger partial charge in [-0.2, -0.15) is 0 Å².